The number of carbonyl (C=O) groups is 1. The van der Waals surface area contributed by atoms with Crippen LogP contribution in [0.1, 0.15) is 5.56 Å². The monoisotopic (exact) mass is 335 g/mol. The number of amides is 1. The molecular weight excluding hydrogens is 322 g/mol. The number of carbonyl (C=O) groups excluding carboxylic acids is 1. The molecule has 0 saturated carbocycles. The van der Waals surface area contributed by atoms with Gasteiger partial charge in [0, 0.05) is 6.08 Å². The van der Waals surface area contributed by atoms with Crippen molar-refractivity contribution in [1.82, 2.24) is 15.2 Å². The van der Waals surface area contributed by atoms with Gasteiger partial charge < -0.3 is 9.15 Å². The maximum Gasteiger partial charge on any atom is 0.250 e. The lowest BCUT2D eigenvalue weighted by molar-refractivity contribution is -0.111. The third kappa shape index (κ3) is 4.33. The van der Waals surface area contributed by atoms with E-state index in [1.807, 2.05) is 6.07 Å². The Morgan fingerprint density at radius 3 is 2.92 bits per heavy atom. The standard InChI is InChI=1S/C17H13N5O3/c18-9-11-24-13-6-3-12(4-7-13)5-8-15(23)19-17-20-16(21-22-17)14-2-1-10-25-14/h1-8,10H,11H2,(H2,19,20,21,22,23)/b8-5-. The molecule has 0 fully saturated rings. The van der Waals surface area contributed by atoms with Crippen molar-refractivity contribution in [2.75, 3.05) is 11.9 Å². The summed E-state index contributed by atoms with van der Waals surface area (Å²) in [4.78, 5) is 16.0. The average molecular weight is 335 g/mol. The maximum atomic E-state index is 11.9. The molecule has 0 aliphatic carbocycles. The Hall–Kier alpha value is -3.86. The molecule has 0 atom stereocenters. The molecule has 3 aromatic rings. The first kappa shape index (κ1) is 16.0. The quantitative estimate of drug-likeness (QED) is 0.669. The normalized spacial score (nSPS) is 10.5. The molecule has 0 saturated heterocycles. The minimum atomic E-state index is -0.366. The largest absolute Gasteiger partial charge is 0.479 e. The summed E-state index contributed by atoms with van der Waals surface area (Å²) in [7, 11) is 0. The molecule has 2 N–H and O–H groups in total. The molecule has 3 rings (SSSR count). The maximum absolute atomic E-state index is 11.9. The van der Waals surface area contributed by atoms with Gasteiger partial charge in [-0.2, -0.15) is 10.2 Å². The summed E-state index contributed by atoms with van der Waals surface area (Å²) in [6.07, 6.45) is 4.53. The molecule has 1 amide bonds. The molecule has 1 aromatic carbocycles. The van der Waals surface area contributed by atoms with Gasteiger partial charge in [-0.05, 0) is 35.9 Å². The minimum absolute atomic E-state index is 0.00570. The molecule has 8 nitrogen and oxygen atoms in total. The number of anilines is 1. The smallest absolute Gasteiger partial charge is 0.250 e. The first-order valence-corrected chi connectivity index (χ1v) is 7.30. The van der Waals surface area contributed by atoms with Gasteiger partial charge in [0.15, 0.2) is 18.2 Å². The molecule has 0 aliphatic heterocycles. The zero-order valence-electron chi connectivity index (χ0n) is 13.0. The van der Waals surface area contributed by atoms with Crippen LogP contribution in [0.3, 0.4) is 0 Å². The Morgan fingerprint density at radius 1 is 1.36 bits per heavy atom. The highest BCUT2D eigenvalue weighted by Gasteiger charge is 2.09. The third-order valence-corrected chi connectivity index (χ3v) is 3.09. The summed E-state index contributed by atoms with van der Waals surface area (Å²) in [6, 6.07) is 12.4. The molecular formula is C17H13N5O3. The van der Waals surface area contributed by atoms with Gasteiger partial charge in [0.25, 0.3) is 5.91 Å². The Morgan fingerprint density at radius 2 is 2.20 bits per heavy atom. The second-order valence-electron chi connectivity index (χ2n) is 4.82. The second-order valence-corrected chi connectivity index (χ2v) is 4.82. The zero-order valence-corrected chi connectivity index (χ0v) is 13.0. The van der Waals surface area contributed by atoms with Crippen molar-refractivity contribution in [2.45, 2.75) is 0 Å². The average Bonchev–Trinajstić information content (AvgIpc) is 3.30. The van der Waals surface area contributed by atoms with Crippen LogP contribution in [-0.4, -0.2) is 27.7 Å². The van der Waals surface area contributed by atoms with Crippen molar-refractivity contribution in [3.63, 3.8) is 0 Å². The van der Waals surface area contributed by atoms with Crippen molar-refractivity contribution in [3.05, 3.63) is 54.3 Å². The number of aromatic nitrogens is 3. The summed E-state index contributed by atoms with van der Waals surface area (Å²) >= 11 is 0. The van der Waals surface area contributed by atoms with Crippen LogP contribution in [-0.2, 0) is 4.79 Å². The molecule has 25 heavy (non-hydrogen) atoms. The first-order chi connectivity index (χ1) is 12.2. The van der Waals surface area contributed by atoms with Gasteiger partial charge in [-0.1, -0.05) is 12.1 Å². The number of aromatic amines is 1. The van der Waals surface area contributed by atoms with E-state index in [1.54, 1.807) is 42.5 Å². The number of nitrogens with zero attached hydrogens (tertiary/aromatic N) is 3. The molecule has 0 spiro atoms. The van der Waals surface area contributed by atoms with Gasteiger partial charge in [-0.3, -0.25) is 15.2 Å². The topological polar surface area (TPSA) is 117 Å². The summed E-state index contributed by atoms with van der Waals surface area (Å²) in [5.41, 5.74) is 0.811. The van der Waals surface area contributed by atoms with E-state index in [-0.39, 0.29) is 18.5 Å². The molecule has 0 bridgehead atoms. The van der Waals surface area contributed by atoms with Gasteiger partial charge in [0.05, 0.1) is 6.26 Å². The van der Waals surface area contributed by atoms with Crippen LogP contribution in [0.5, 0.6) is 5.75 Å². The van der Waals surface area contributed by atoms with E-state index in [1.165, 1.54) is 12.3 Å². The van der Waals surface area contributed by atoms with Crippen LogP contribution in [0.25, 0.3) is 17.7 Å². The van der Waals surface area contributed by atoms with E-state index in [9.17, 15) is 4.79 Å². The lowest BCUT2D eigenvalue weighted by Crippen LogP contribution is -2.09. The summed E-state index contributed by atoms with van der Waals surface area (Å²) in [5.74, 6) is 1.34. The van der Waals surface area contributed by atoms with Crippen LogP contribution in [0.2, 0.25) is 0 Å². The zero-order chi connectivity index (χ0) is 17.5. The fourth-order valence-corrected chi connectivity index (χ4v) is 1.96. The van der Waals surface area contributed by atoms with Crippen LogP contribution >= 0.6 is 0 Å². The lowest BCUT2D eigenvalue weighted by Gasteiger charge is -2.01. The van der Waals surface area contributed by atoms with E-state index in [2.05, 4.69) is 20.5 Å². The van der Waals surface area contributed by atoms with E-state index in [4.69, 9.17) is 14.4 Å². The number of rotatable bonds is 6. The van der Waals surface area contributed by atoms with E-state index >= 15 is 0 Å². The summed E-state index contributed by atoms with van der Waals surface area (Å²) in [6.45, 7) is -0.00570. The van der Waals surface area contributed by atoms with Crippen LogP contribution in [0, 0.1) is 11.3 Å². The first-order valence-electron chi connectivity index (χ1n) is 7.30. The van der Waals surface area contributed by atoms with Crippen LogP contribution in [0.4, 0.5) is 5.95 Å². The van der Waals surface area contributed by atoms with Crippen molar-refractivity contribution >= 4 is 17.9 Å². The Kier molecular flexibility index (Phi) is 4.87. The van der Waals surface area contributed by atoms with E-state index in [0.717, 1.165) is 5.56 Å². The minimum Gasteiger partial charge on any atom is -0.479 e. The molecule has 2 heterocycles. The third-order valence-electron chi connectivity index (χ3n) is 3.09. The van der Waals surface area contributed by atoms with E-state index < -0.39 is 0 Å². The Bertz CT molecular complexity index is 905. The predicted octanol–water partition coefficient (Wildman–Crippen LogP) is 2.62. The van der Waals surface area contributed by atoms with Gasteiger partial charge in [-0.25, -0.2) is 0 Å². The number of hydrogen-bond donors (Lipinski definition) is 2. The Labute approximate surface area is 142 Å². The van der Waals surface area contributed by atoms with Gasteiger partial charge in [0.1, 0.15) is 11.8 Å². The number of ether oxygens (including phenoxy) is 1. The molecule has 0 radical (unpaired) electrons. The summed E-state index contributed by atoms with van der Waals surface area (Å²) in [5, 5.41) is 17.6. The van der Waals surface area contributed by atoms with Crippen molar-refractivity contribution in [2.24, 2.45) is 0 Å². The van der Waals surface area contributed by atoms with Crippen molar-refractivity contribution in [3.8, 4) is 23.4 Å². The van der Waals surface area contributed by atoms with Crippen LogP contribution in [0.15, 0.2) is 53.2 Å². The van der Waals surface area contributed by atoms with Gasteiger partial charge >= 0.3 is 0 Å². The molecule has 124 valence electrons. The number of furan rings is 1. The molecule has 2 aromatic heterocycles. The highest BCUT2D eigenvalue weighted by molar-refractivity contribution is 6.00. The van der Waals surface area contributed by atoms with Gasteiger partial charge in [-0.15, -0.1) is 5.10 Å². The van der Waals surface area contributed by atoms with Crippen molar-refractivity contribution in [1.29, 1.82) is 5.26 Å². The second kappa shape index (κ2) is 7.61. The SMILES string of the molecule is N#CCOc1ccc(/C=C\C(=O)Nc2n[nH]c(-c3ccco3)n2)cc1. The number of hydrogen-bond acceptors (Lipinski definition) is 6. The summed E-state index contributed by atoms with van der Waals surface area (Å²) < 4.78 is 10.3. The van der Waals surface area contributed by atoms with Crippen molar-refractivity contribution < 1.29 is 13.9 Å². The van der Waals surface area contributed by atoms with E-state index in [0.29, 0.717) is 17.3 Å². The molecule has 0 unspecified atom stereocenters. The van der Waals surface area contributed by atoms with Gasteiger partial charge in [0.2, 0.25) is 5.95 Å². The Balaban J connectivity index is 1.57. The number of nitrogens with one attached hydrogen (secondary N) is 2. The predicted molar refractivity (Wildman–Crippen MR) is 89.3 cm³/mol. The number of nitriles is 1. The van der Waals surface area contributed by atoms with Crippen LogP contribution < -0.4 is 10.1 Å². The molecule has 8 heteroatoms. The highest BCUT2D eigenvalue weighted by atomic mass is 16.5. The number of benzene rings is 1. The lowest BCUT2D eigenvalue weighted by atomic mass is 10.2. The number of H-pyrrole nitrogens is 1. The fourth-order valence-electron chi connectivity index (χ4n) is 1.96. The highest BCUT2D eigenvalue weighted by Crippen LogP contribution is 2.16. The molecule has 0 aliphatic rings. The fraction of sp³-hybridized carbons (Fsp3) is 0.0588.